The molecule has 0 spiro atoms. The maximum Gasteiger partial charge on any atom is 0.321 e. The SMILES string of the molecule is Nn1c(SCC(=O)NC(=O)NC2CCCC2)nnc1-c1ccccc1Cl. The fourth-order valence-electron chi connectivity index (χ4n) is 2.79. The third kappa shape index (κ3) is 4.47. The number of carbonyl (C=O) groups excluding carboxylic acids is 2. The molecule has 0 saturated heterocycles. The van der Waals surface area contributed by atoms with E-state index in [1.165, 1.54) is 4.68 Å². The van der Waals surface area contributed by atoms with Crippen molar-refractivity contribution in [1.29, 1.82) is 0 Å². The molecule has 1 aliphatic rings. The molecule has 1 saturated carbocycles. The highest BCUT2D eigenvalue weighted by Gasteiger charge is 2.19. The van der Waals surface area contributed by atoms with Gasteiger partial charge in [0.15, 0.2) is 5.82 Å². The molecule has 0 atom stereocenters. The predicted octanol–water partition coefficient (Wildman–Crippen LogP) is 2.17. The maximum absolute atomic E-state index is 11.9. The summed E-state index contributed by atoms with van der Waals surface area (Å²) in [6.45, 7) is 0. The van der Waals surface area contributed by atoms with Crippen molar-refractivity contribution >= 4 is 35.3 Å². The van der Waals surface area contributed by atoms with Crippen LogP contribution in [0.3, 0.4) is 0 Å². The summed E-state index contributed by atoms with van der Waals surface area (Å²) >= 11 is 7.23. The lowest BCUT2D eigenvalue weighted by Crippen LogP contribution is -2.44. The summed E-state index contributed by atoms with van der Waals surface area (Å²) in [5, 5.41) is 14.0. The summed E-state index contributed by atoms with van der Waals surface area (Å²) < 4.78 is 1.28. The molecule has 0 bridgehead atoms. The Morgan fingerprint density at radius 3 is 2.73 bits per heavy atom. The molecule has 3 rings (SSSR count). The second kappa shape index (κ2) is 8.41. The molecule has 0 radical (unpaired) electrons. The van der Waals surface area contributed by atoms with Crippen LogP contribution in [-0.4, -0.2) is 38.6 Å². The van der Waals surface area contributed by atoms with Crippen LogP contribution in [0.15, 0.2) is 29.4 Å². The van der Waals surface area contributed by atoms with Gasteiger partial charge < -0.3 is 11.2 Å². The molecule has 138 valence electrons. The molecular formula is C16H19ClN6O2S. The van der Waals surface area contributed by atoms with Gasteiger partial charge in [-0.3, -0.25) is 10.1 Å². The van der Waals surface area contributed by atoms with Gasteiger partial charge in [0, 0.05) is 11.6 Å². The number of benzene rings is 1. The van der Waals surface area contributed by atoms with Crippen molar-refractivity contribution < 1.29 is 9.59 Å². The molecule has 8 nitrogen and oxygen atoms in total. The predicted molar refractivity (Wildman–Crippen MR) is 100 cm³/mol. The Labute approximate surface area is 159 Å². The van der Waals surface area contributed by atoms with Gasteiger partial charge in [0.1, 0.15) is 0 Å². The lowest BCUT2D eigenvalue weighted by Gasteiger charge is -2.12. The highest BCUT2D eigenvalue weighted by molar-refractivity contribution is 7.99. The van der Waals surface area contributed by atoms with Crippen LogP contribution in [0.1, 0.15) is 25.7 Å². The fourth-order valence-corrected chi connectivity index (χ4v) is 3.66. The van der Waals surface area contributed by atoms with E-state index in [0.717, 1.165) is 37.4 Å². The van der Waals surface area contributed by atoms with Crippen LogP contribution < -0.4 is 16.5 Å². The molecule has 1 aliphatic carbocycles. The lowest BCUT2D eigenvalue weighted by molar-refractivity contribution is -0.117. The third-order valence-corrected chi connectivity index (χ3v) is 5.33. The summed E-state index contributed by atoms with van der Waals surface area (Å²) in [6.07, 6.45) is 4.12. The van der Waals surface area contributed by atoms with Gasteiger partial charge in [-0.25, -0.2) is 9.47 Å². The molecule has 2 aromatic rings. The monoisotopic (exact) mass is 394 g/mol. The Hall–Kier alpha value is -2.26. The van der Waals surface area contributed by atoms with Crippen LogP contribution in [0, 0.1) is 0 Å². The fraction of sp³-hybridized carbons (Fsp3) is 0.375. The van der Waals surface area contributed by atoms with Crippen LogP contribution in [-0.2, 0) is 4.79 Å². The summed E-state index contributed by atoms with van der Waals surface area (Å²) in [4.78, 5) is 23.7. The summed E-state index contributed by atoms with van der Waals surface area (Å²) in [6, 6.07) is 6.83. The number of hydrogen-bond donors (Lipinski definition) is 3. The van der Waals surface area contributed by atoms with E-state index in [0.29, 0.717) is 21.6 Å². The standard InChI is InChI=1S/C16H19ClN6O2S/c17-12-8-4-3-7-11(12)14-21-22-16(23(14)18)26-9-13(24)20-15(25)19-10-5-1-2-6-10/h3-4,7-8,10H,1-2,5-6,9,18H2,(H2,19,20,24,25). The molecule has 10 heteroatoms. The number of rotatable bonds is 5. The Morgan fingerprint density at radius 1 is 1.27 bits per heavy atom. The maximum atomic E-state index is 11.9. The number of imide groups is 1. The number of nitrogens with zero attached hydrogens (tertiary/aromatic N) is 3. The first-order valence-electron chi connectivity index (χ1n) is 8.23. The van der Waals surface area contributed by atoms with Gasteiger partial charge >= 0.3 is 6.03 Å². The molecule has 26 heavy (non-hydrogen) atoms. The number of carbonyl (C=O) groups is 2. The molecule has 3 amide bonds. The topological polar surface area (TPSA) is 115 Å². The smallest absolute Gasteiger partial charge is 0.321 e. The molecule has 0 aliphatic heterocycles. The summed E-state index contributed by atoms with van der Waals surface area (Å²) in [7, 11) is 0. The average molecular weight is 395 g/mol. The van der Waals surface area contributed by atoms with E-state index in [9.17, 15) is 9.59 Å². The molecule has 1 aromatic heterocycles. The summed E-state index contributed by atoms with van der Waals surface area (Å²) in [5.74, 6) is 5.97. The zero-order valence-corrected chi connectivity index (χ0v) is 15.5. The van der Waals surface area contributed by atoms with E-state index in [-0.39, 0.29) is 11.8 Å². The molecule has 1 fully saturated rings. The first-order chi connectivity index (χ1) is 12.5. The number of halogens is 1. The van der Waals surface area contributed by atoms with Crippen molar-refractivity contribution in [3.05, 3.63) is 29.3 Å². The lowest BCUT2D eigenvalue weighted by atomic mass is 10.2. The second-order valence-corrected chi connectivity index (χ2v) is 7.30. The Bertz CT molecular complexity index is 806. The van der Waals surface area contributed by atoms with Crippen LogP contribution in [0.25, 0.3) is 11.4 Å². The Balaban J connectivity index is 1.54. The second-order valence-electron chi connectivity index (χ2n) is 5.95. The molecule has 4 N–H and O–H groups in total. The number of urea groups is 1. The van der Waals surface area contributed by atoms with Gasteiger partial charge in [-0.05, 0) is 25.0 Å². The van der Waals surface area contributed by atoms with E-state index in [4.69, 9.17) is 17.4 Å². The number of hydrogen-bond acceptors (Lipinski definition) is 6. The van der Waals surface area contributed by atoms with Gasteiger partial charge in [-0.2, -0.15) is 0 Å². The molecule has 1 heterocycles. The average Bonchev–Trinajstić information content (AvgIpc) is 3.23. The third-order valence-electron chi connectivity index (χ3n) is 4.06. The number of thioether (sulfide) groups is 1. The quantitative estimate of drug-likeness (QED) is 0.528. The zero-order chi connectivity index (χ0) is 18.5. The largest absolute Gasteiger partial charge is 0.335 e. The Kier molecular flexibility index (Phi) is 6.00. The minimum atomic E-state index is -0.464. The van der Waals surface area contributed by atoms with E-state index in [1.54, 1.807) is 18.2 Å². The molecule has 0 unspecified atom stereocenters. The first kappa shape index (κ1) is 18.5. The number of amides is 3. The van der Waals surface area contributed by atoms with Gasteiger partial charge in [0.25, 0.3) is 0 Å². The highest BCUT2D eigenvalue weighted by Crippen LogP contribution is 2.27. The minimum absolute atomic E-state index is 0.00403. The van der Waals surface area contributed by atoms with Gasteiger partial charge in [-0.1, -0.05) is 48.3 Å². The van der Waals surface area contributed by atoms with E-state index < -0.39 is 11.9 Å². The molecular weight excluding hydrogens is 376 g/mol. The van der Waals surface area contributed by atoms with Gasteiger partial charge in [0.2, 0.25) is 11.1 Å². The van der Waals surface area contributed by atoms with E-state index in [1.807, 2.05) is 6.07 Å². The van der Waals surface area contributed by atoms with Gasteiger partial charge in [0.05, 0.1) is 10.8 Å². The van der Waals surface area contributed by atoms with Crippen molar-refractivity contribution in [2.24, 2.45) is 0 Å². The van der Waals surface area contributed by atoms with Crippen molar-refractivity contribution in [3.63, 3.8) is 0 Å². The van der Waals surface area contributed by atoms with Crippen molar-refractivity contribution in [1.82, 2.24) is 25.5 Å². The van der Waals surface area contributed by atoms with Crippen molar-refractivity contribution in [3.8, 4) is 11.4 Å². The van der Waals surface area contributed by atoms with Crippen molar-refractivity contribution in [2.75, 3.05) is 11.6 Å². The number of nitrogens with one attached hydrogen (secondary N) is 2. The highest BCUT2D eigenvalue weighted by atomic mass is 35.5. The minimum Gasteiger partial charge on any atom is -0.335 e. The van der Waals surface area contributed by atoms with Crippen LogP contribution in [0.5, 0.6) is 0 Å². The first-order valence-corrected chi connectivity index (χ1v) is 9.59. The van der Waals surface area contributed by atoms with Crippen molar-refractivity contribution in [2.45, 2.75) is 36.9 Å². The summed E-state index contributed by atoms with van der Waals surface area (Å²) in [5.41, 5.74) is 0.649. The zero-order valence-electron chi connectivity index (χ0n) is 13.9. The molecule has 1 aromatic carbocycles. The number of nitrogen functional groups attached to an aromatic ring is 1. The normalized spacial score (nSPS) is 14.3. The van der Waals surface area contributed by atoms with E-state index >= 15 is 0 Å². The van der Waals surface area contributed by atoms with Crippen LogP contribution in [0.4, 0.5) is 4.79 Å². The van der Waals surface area contributed by atoms with E-state index in [2.05, 4.69) is 20.8 Å². The van der Waals surface area contributed by atoms with Gasteiger partial charge in [-0.15, -0.1) is 10.2 Å². The number of aromatic nitrogens is 3. The Morgan fingerprint density at radius 2 is 2.00 bits per heavy atom. The number of nitrogens with two attached hydrogens (primary N) is 1. The van der Waals surface area contributed by atoms with Crippen LogP contribution in [0.2, 0.25) is 5.02 Å². The van der Waals surface area contributed by atoms with Crippen LogP contribution >= 0.6 is 23.4 Å².